The Kier molecular flexibility index (Phi) is 5.30. The minimum absolute atomic E-state index is 0.00383. The van der Waals surface area contributed by atoms with Crippen LogP contribution in [-0.4, -0.2) is 32.6 Å². The van der Waals surface area contributed by atoms with E-state index < -0.39 is 10.0 Å². The summed E-state index contributed by atoms with van der Waals surface area (Å²) in [5, 5.41) is 0.00383. The van der Waals surface area contributed by atoms with E-state index in [1.807, 2.05) is 19.1 Å². The Bertz CT molecular complexity index is 475. The van der Waals surface area contributed by atoms with Crippen molar-refractivity contribution in [2.45, 2.75) is 17.8 Å². The summed E-state index contributed by atoms with van der Waals surface area (Å²) in [6.07, 6.45) is 4.03. The summed E-state index contributed by atoms with van der Waals surface area (Å²) in [4.78, 5) is 0. The van der Waals surface area contributed by atoms with Gasteiger partial charge in [0.05, 0.1) is 5.75 Å². The fourth-order valence-corrected chi connectivity index (χ4v) is 2.69. The van der Waals surface area contributed by atoms with E-state index in [2.05, 4.69) is 0 Å². The summed E-state index contributed by atoms with van der Waals surface area (Å²) in [5.41, 5.74) is 0. The van der Waals surface area contributed by atoms with Gasteiger partial charge in [-0.1, -0.05) is 12.2 Å². The Morgan fingerprint density at radius 2 is 2.12 bits per heavy atom. The number of hydrogen-bond acceptors (Lipinski definition) is 4. The van der Waals surface area contributed by atoms with Crippen LogP contribution in [0.1, 0.15) is 12.7 Å². The van der Waals surface area contributed by atoms with Crippen LogP contribution >= 0.6 is 11.8 Å². The Balaban J connectivity index is 2.66. The topological polar surface area (TPSA) is 50.5 Å². The smallest absolute Gasteiger partial charge is 0.275 e. The lowest BCUT2D eigenvalue weighted by Crippen LogP contribution is -2.21. The van der Waals surface area contributed by atoms with Gasteiger partial charge in [-0.25, -0.2) is 12.7 Å². The molecule has 1 rings (SSSR count). The molecule has 0 unspecified atom stereocenters. The molecule has 0 fully saturated rings. The highest BCUT2D eigenvalue weighted by atomic mass is 32.2. The van der Waals surface area contributed by atoms with Gasteiger partial charge in [0.1, 0.15) is 5.76 Å². The molecule has 0 aliphatic rings. The molecule has 1 aromatic heterocycles. The number of rotatable bonds is 6. The molecule has 0 radical (unpaired) electrons. The molecule has 0 amide bonds. The fraction of sp³-hybridized carbons (Fsp3) is 0.455. The van der Waals surface area contributed by atoms with Crippen LogP contribution in [0.25, 0.3) is 0 Å². The predicted molar refractivity (Wildman–Crippen MR) is 70.6 cm³/mol. The van der Waals surface area contributed by atoms with E-state index in [0.717, 1.165) is 10.1 Å². The first-order chi connectivity index (χ1) is 7.98. The summed E-state index contributed by atoms with van der Waals surface area (Å²) < 4.78 is 29.9. The molecule has 96 valence electrons. The van der Waals surface area contributed by atoms with Crippen LogP contribution in [0.4, 0.5) is 0 Å². The number of sulfonamides is 1. The molecule has 0 N–H and O–H groups in total. The fourth-order valence-electron chi connectivity index (χ4n) is 1.08. The van der Waals surface area contributed by atoms with Crippen LogP contribution in [0.3, 0.4) is 0 Å². The number of furan rings is 1. The van der Waals surface area contributed by atoms with Crippen LogP contribution in [-0.2, 0) is 15.8 Å². The largest absolute Gasteiger partial charge is 0.447 e. The molecule has 0 aliphatic heterocycles. The zero-order valence-electron chi connectivity index (χ0n) is 10.2. The van der Waals surface area contributed by atoms with Crippen molar-refractivity contribution in [1.29, 1.82) is 0 Å². The number of allylic oxidation sites excluding steroid dienone is 1. The van der Waals surface area contributed by atoms with Crippen molar-refractivity contribution in [3.05, 3.63) is 30.0 Å². The van der Waals surface area contributed by atoms with E-state index in [1.165, 1.54) is 20.2 Å². The third-order valence-corrected chi connectivity index (χ3v) is 4.67. The zero-order chi connectivity index (χ0) is 12.9. The van der Waals surface area contributed by atoms with Gasteiger partial charge in [0.25, 0.3) is 10.0 Å². The summed E-state index contributed by atoms with van der Waals surface area (Å²) >= 11 is 1.67. The van der Waals surface area contributed by atoms with Crippen LogP contribution in [0.15, 0.2) is 33.8 Å². The van der Waals surface area contributed by atoms with Gasteiger partial charge >= 0.3 is 0 Å². The van der Waals surface area contributed by atoms with E-state index in [9.17, 15) is 8.42 Å². The van der Waals surface area contributed by atoms with E-state index in [-0.39, 0.29) is 5.09 Å². The van der Waals surface area contributed by atoms with Gasteiger partial charge < -0.3 is 4.42 Å². The maximum atomic E-state index is 11.7. The SMILES string of the molecule is CC=CCSCc1ccc(S(=O)(=O)N(C)C)o1. The predicted octanol–water partition coefficient (Wildman–Crippen LogP) is 2.34. The highest BCUT2D eigenvalue weighted by molar-refractivity contribution is 7.98. The second kappa shape index (κ2) is 6.28. The Morgan fingerprint density at radius 1 is 1.41 bits per heavy atom. The van der Waals surface area contributed by atoms with Crippen molar-refractivity contribution in [3.8, 4) is 0 Å². The molecule has 6 heteroatoms. The molecule has 1 heterocycles. The van der Waals surface area contributed by atoms with Crippen molar-refractivity contribution in [1.82, 2.24) is 4.31 Å². The lowest BCUT2D eigenvalue weighted by molar-refractivity contribution is 0.408. The van der Waals surface area contributed by atoms with Gasteiger partial charge in [0, 0.05) is 19.8 Å². The Labute approximate surface area is 107 Å². The molecule has 17 heavy (non-hydrogen) atoms. The van der Waals surface area contributed by atoms with Gasteiger partial charge in [-0.2, -0.15) is 0 Å². The molecule has 4 nitrogen and oxygen atoms in total. The van der Waals surface area contributed by atoms with Gasteiger partial charge in [0.15, 0.2) is 0 Å². The molecule has 0 saturated heterocycles. The molecule has 1 aromatic rings. The van der Waals surface area contributed by atoms with E-state index >= 15 is 0 Å². The minimum atomic E-state index is -3.45. The van der Waals surface area contributed by atoms with E-state index in [4.69, 9.17) is 4.42 Å². The quantitative estimate of drug-likeness (QED) is 0.590. The number of hydrogen-bond donors (Lipinski definition) is 0. The number of nitrogens with zero attached hydrogens (tertiary/aromatic N) is 1. The normalized spacial score (nSPS) is 12.7. The molecular formula is C11H17NO3S2. The van der Waals surface area contributed by atoms with Crippen LogP contribution in [0.5, 0.6) is 0 Å². The van der Waals surface area contributed by atoms with E-state index in [1.54, 1.807) is 17.8 Å². The highest BCUT2D eigenvalue weighted by Crippen LogP contribution is 2.20. The zero-order valence-corrected chi connectivity index (χ0v) is 11.8. The summed E-state index contributed by atoms with van der Waals surface area (Å²) in [6.45, 7) is 1.97. The van der Waals surface area contributed by atoms with Crippen molar-refractivity contribution in [3.63, 3.8) is 0 Å². The van der Waals surface area contributed by atoms with Crippen molar-refractivity contribution in [2.75, 3.05) is 19.8 Å². The second-order valence-electron chi connectivity index (χ2n) is 3.59. The van der Waals surface area contributed by atoms with Crippen molar-refractivity contribution < 1.29 is 12.8 Å². The standard InChI is InChI=1S/C11H17NO3S2/c1-4-5-8-16-9-10-6-7-11(15-10)17(13,14)12(2)3/h4-7H,8-9H2,1-3H3. The van der Waals surface area contributed by atoms with Crippen molar-refractivity contribution in [2.24, 2.45) is 0 Å². The third kappa shape index (κ3) is 3.90. The van der Waals surface area contributed by atoms with E-state index in [0.29, 0.717) is 11.5 Å². The first-order valence-electron chi connectivity index (χ1n) is 5.18. The van der Waals surface area contributed by atoms with Gasteiger partial charge in [-0.15, -0.1) is 11.8 Å². The highest BCUT2D eigenvalue weighted by Gasteiger charge is 2.21. The molecular weight excluding hydrogens is 258 g/mol. The maximum absolute atomic E-state index is 11.7. The van der Waals surface area contributed by atoms with Gasteiger partial charge in [-0.3, -0.25) is 0 Å². The van der Waals surface area contributed by atoms with Crippen LogP contribution in [0.2, 0.25) is 0 Å². The average molecular weight is 275 g/mol. The lowest BCUT2D eigenvalue weighted by atomic mass is 10.5. The molecule has 0 aromatic carbocycles. The van der Waals surface area contributed by atoms with Gasteiger partial charge in [0.2, 0.25) is 5.09 Å². The minimum Gasteiger partial charge on any atom is -0.447 e. The molecule has 0 aliphatic carbocycles. The Morgan fingerprint density at radius 3 is 2.71 bits per heavy atom. The first-order valence-corrected chi connectivity index (χ1v) is 7.78. The van der Waals surface area contributed by atoms with Crippen LogP contribution in [0, 0.1) is 0 Å². The molecule has 0 bridgehead atoms. The molecule has 0 saturated carbocycles. The monoisotopic (exact) mass is 275 g/mol. The molecule has 0 spiro atoms. The first kappa shape index (κ1) is 14.3. The van der Waals surface area contributed by atoms with Gasteiger partial charge in [-0.05, 0) is 19.1 Å². The lowest BCUT2D eigenvalue weighted by Gasteiger charge is -2.07. The third-order valence-electron chi connectivity index (χ3n) is 2.07. The molecule has 0 atom stereocenters. The maximum Gasteiger partial charge on any atom is 0.275 e. The number of thioether (sulfide) groups is 1. The summed E-state index contributed by atoms with van der Waals surface area (Å²) in [7, 11) is -0.479. The average Bonchev–Trinajstić information content (AvgIpc) is 2.73. The summed E-state index contributed by atoms with van der Waals surface area (Å²) in [5.74, 6) is 2.25. The summed E-state index contributed by atoms with van der Waals surface area (Å²) in [6, 6.07) is 3.21. The Hall–Kier alpha value is -0.720. The second-order valence-corrected chi connectivity index (χ2v) is 6.71. The van der Waals surface area contributed by atoms with Crippen molar-refractivity contribution >= 4 is 21.8 Å². The van der Waals surface area contributed by atoms with Crippen LogP contribution < -0.4 is 0 Å².